The molecule has 0 heterocycles. The quantitative estimate of drug-likeness (QED) is 0.312. The number of hydrogen-bond donors (Lipinski definition) is 1. The van der Waals surface area contributed by atoms with E-state index in [0.717, 1.165) is 13.0 Å². The van der Waals surface area contributed by atoms with Gasteiger partial charge >= 0.3 is 0 Å². The first-order valence-corrected chi connectivity index (χ1v) is 3.99. The molecule has 0 bridgehead atoms. The topological polar surface area (TPSA) is 12.0 Å². The summed E-state index contributed by atoms with van der Waals surface area (Å²) < 4.78 is 1.20. The van der Waals surface area contributed by atoms with Gasteiger partial charge in [0.05, 0.1) is 0 Å². The molecule has 41 valence electrons. The summed E-state index contributed by atoms with van der Waals surface area (Å²) in [5.74, 6) is 0. The summed E-state index contributed by atoms with van der Waals surface area (Å²) in [4.78, 5) is 0. The molecule has 1 nitrogen and oxygen atoms in total. The Morgan fingerprint density at radius 2 is 2.43 bits per heavy atom. The van der Waals surface area contributed by atoms with Crippen molar-refractivity contribution >= 4 is 29.9 Å². The minimum absolute atomic E-state index is 1.04. The molecule has 1 radical (unpaired) electrons. The van der Waals surface area contributed by atoms with Gasteiger partial charge in [0.1, 0.15) is 7.28 Å². The number of rotatable bonds is 4. The van der Waals surface area contributed by atoms with Crippen molar-refractivity contribution in [3.05, 3.63) is 0 Å². The standard InChI is InChI=1S/C4H10BIN/c1-5-4-7-3-2-6/h7H,2-4H2,1H3. The average molecular weight is 210 g/mol. The van der Waals surface area contributed by atoms with Crippen LogP contribution in [0.5, 0.6) is 0 Å². The summed E-state index contributed by atoms with van der Waals surface area (Å²) in [5, 5.41) is 3.22. The van der Waals surface area contributed by atoms with E-state index in [4.69, 9.17) is 0 Å². The molecule has 0 aliphatic rings. The second-order valence-corrected chi connectivity index (χ2v) is 2.38. The highest BCUT2D eigenvalue weighted by atomic mass is 127. The molecule has 0 spiro atoms. The summed E-state index contributed by atoms with van der Waals surface area (Å²) in [6, 6.07) is 0. The second kappa shape index (κ2) is 6.75. The van der Waals surface area contributed by atoms with E-state index in [9.17, 15) is 0 Å². The molecule has 0 aromatic carbocycles. The van der Waals surface area contributed by atoms with Crippen LogP contribution < -0.4 is 5.32 Å². The first-order chi connectivity index (χ1) is 3.41. The Hall–Kier alpha value is 0.755. The highest BCUT2D eigenvalue weighted by Crippen LogP contribution is 1.73. The van der Waals surface area contributed by atoms with Crippen molar-refractivity contribution in [3.8, 4) is 0 Å². The molecule has 0 fully saturated rings. The molecule has 0 amide bonds. The largest absolute Gasteiger partial charge is 0.324 e. The van der Waals surface area contributed by atoms with Crippen molar-refractivity contribution in [1.82, 2.24) is 5.32 Å². The van der Waals surface area contributed by atoms with Gasteiger partial charge in [0.25, 0.3) is 0 Å². The third kappa shape index (κ3) is 6.75. The van der Waals surface area contributed by atoms with Crippen LogP contribution in [0.2, 0.25) is 6.82 Å². The molecule has 0 aliphatic carbocycles. The van der Waals surface area contributed by atoms with Gasteiger partial charge < -0.3 is 5.32 Å². The molecule has 0 aliphatic heterocycles. The SMILES string of the molecule is C[B]CNCCI. The summed E-state index contributed by atoms with van der Waals surface area (Å²) in [7, 11) is 2.12. The summed E-state index contributed by atoms with van der Waals surface area (Å²) in [5.41, 5.74) is 0. The van der Waals surface area contributed by atoms with Gasteiger partial charge in [-0.05, 0) is 6.44 Å². The fourth-order valence-corrected chi connectivity index (χ4v) is 0.695. The molecule has 0 rings (SSSR count). The Kier molecular flexibility index (Phi) is 7.48. The van der Waals surface area contributed by atoms with E-state index in [2.05, 4.69) is 42.0 Å². The number of halogens is 1. The normalized spacial score (nSPS) is 8.86. The molecule has 0 saturated carbocycles. The lowest BCUT2D eigenvalue weighted by Crippen LogP contribution is -2.20. The van der Waals surface area contributed by atoms with Crippen molar-refractivity contribution in [2.75, 3.05) is 17.4 Å². The van der Waals surface area contributed by atoms with Gasteiger partial charge in [-0.1, -0.05) is 29.4 Å². The van der Waals surface area contributed by atoms with Gasteiger partial charge in [0, 0.05) is 11.0 Å². The zero-order valence-corrected chi connectivity index (χ0v) is 6.73. The molecular formula is C4H10BIN. The molecule has 0 unspecified atom stereocenters. The molecule has 0 aromatic heterocycles. The first-order valence-electron chi connectivity index (χ1n) is 2.46. The van der Waals surface area contributed by atoms with Gasteiger partial charge in [0.15, 0.2) is 0 Å². The van der Waals surface area contributed by atoms with E-state index >= 15 is 0 Å². The van der Waals surface area contributed by atoms with Gasteiger partial charge in [-0.3, -0.25) is 0 Å². The molecular weight excluding hydrogens is 200 g/mol. The van der Waals surface area contributed by atoms with Crippen molar-refractivity contribution in [2.45, 2.75) is 6.82 Å². The highest BCUT2D eigenvalue weighted by Gasteiger charge is 1.79. The molecule has 0 saturated heterocycles. The summed E-state index contributed by atoms with van der Waals surface area (Å²) >= 11 is 2.35. The second-order valence-electron chi connectivity index (χ2n) is 1.30. The van der Waals surface area contributed by atoms with Crippen LogP contribution >= 0.6 is 22.6 Å². The van der Waals surface area contributed by atoms with Gasteiger partial charge in [-0.15, -0.1) is 0 Å². The van der Waals surface area contributed by atoms with Crippen LogP contribution in [0.25, 0.3) is 0 Å². The fraction of sp³-hybridized carbons (Fsp3) is 1.00. The molecule has 7 heavy (non-hydrogen) atoms. The fourth-order valence-electron chi connectivity index (χ4n) is 0.313. The van der Waals surface area contributed by atoms with Gasteiger partial charge in [-0.25, -0.2) is 0 Å². The van der Waals surface area contributed by atoms with Gasteiger partial charge in [-0.2, -0.15) is 0 Å². The van der Waals surface area contributed by atoms with Crippen molar-refractivity contribution < 1.29 is 0 Å². The van der Waals surface area contributed by atoms with E-state index in [1.807, 2.05) is 0 Å². The maximum atomic E-state index is 3.22. The first kappa shape index (κ1) is 7.75. The number of alkyl halides is 1. The van der Waals surface area contributed by atoms with Crippen LogP contribution in [-0.4, -0.2) is 24.7 Å². The molecule has 1 N–H and O–H groups in total. The Bertz CT molecular complexity index is 30.9. The zero-order valence-electron chi connectivity index (χ0n) is 4.58. The number of hydrogen-bond acceptors (Lipinski definition) is 1. The molecule has 0 atom stereocenters. The molecule has 0 aromatic rings. The predicted octanol–water partition coefficient (Wildman–Crippen LogP) is 0.721. The predicted molar refractivity (Wildman–Crippen MR) is 43.4 cm³/mol. The Morgan fingerprint density at radius 3 is 2.86 bits per heavy atom. The van der Waals surface area contributed by atoms with Crippen molar-refractivity contribution in [3.63, 3.8) is 0 Å². The van der Waals surface area contributed by atoms with E-state index in [-0.39, 0.29) is 0 Å². The lowest BCUT2D eigenvalue weighted by Gasteiger charge is -1.94. The zero-order chi connectivity index (χ0) is 5.54. The van der Waals surface area contributed by atoms with Crippen LogP contribution in [0.3, 0.4) is 0 Å². The van der Waals surface area contributed by atoms with E-state index in [1.54, 1.807) is 0 Å². The summed E-state index contributed by atoms with van der Waals surface area (Å²) in [6.45, 7) is 3.19. The minimum atomic E-state index is 1.04. The van der Waals surface area contributed by atoms with Crippen LogP contribution in [-0.2, 0) is 0 Å². The maximum absolute atomic E-state index is 3.22. The monoisotopic (exact) mass is 210 g/mol. The van der Waals surface area contributed by atoms with E-state index in [1.165, 1.54) is 4.43 Å². The lowest BCUT2D eigenvalue weighted by atomic mass is 9.83. The van der Waals surface area contributed by atoms with Crippen molar-refractivity contribution in [1.29, 1.82) is 0 Å². The Morgan fingerprint density at radius 1 is 1.71 bits per heavy atom. The number of nitrogens with one attached hydrogen (secondary N) is 1. The van der Waals surface area contributed by atoms with Crippen LogP contribution in [0.15, 0.2) is 0 Å². The van der Waals surface area contributed by atoms with E-state index in [0.29, 0.717) is 0 Å². The highest BCUT2D eigenvalue weighted by molar-refractivity contribution is 14.1. The average Bonchev–Trinajstić information content (AvgIpc) is 1.69. The lowest BCUT2D eigenvalue weighted by molar-refractivity contribution is 0.845. The third-order valence-electron chi connectivity index (χ3n) is 0.620. The Labute approximate surface area is 59.6 Å². The van der Waals surface area contributed by atoms with Crippen LogP contribution in [0.1, 0.15) is 0 Å². The Balaban J connectivity index is 2.45. The summed E-state index contributed by atoms with van der Waals surface area (Å²) in [6.07, 6.45) is 1.04. The van der Waals surface area contributed by atoms with Crippen LogP contribution in [0, 0.1) is 0 Å². The van der Waals surface area contributed by atoms with E-state index < -0.39 is 0 Å². The van der Waals surface area contributed by atoms with Crippen molar-refractivity contribution in [2.24, 2.45) is 0 Å². The van der Waals surface area contributed by atoms with Crippen LogP contribution in [0.4, 0.5) is 0 Å². The minimum Gasteiger partial charge on any atom is -0.324 e. The van der Waals surface area contributed by atoms with Gasteiger partial charge in [0.2, 0.25) is 0 Å². The third-order valence-corrected chi connectivity index (χ3v) is 1.16. The molecule has 3 heteroatoms. The smallest absolute Gasteiger partial charge is 0.124 e. The maximum Gasteiger partial charge on any atom is 0.124 e.